The van der Waals surface area contributed by atoms with Crippen molar-refractivity contribution in [3.05, 3.63) is 27.9 Å². The zero-order valence-corrected chi connectivity index (χ0v) is 9.17. The van der Waals surface area contributed by atoms with E-state index in [-0.39, 0.29) is 11.0 Å². The highest BCUT2D eigenvalue weighted by Crippen LogP contribution is 2.46. The fraction of sp³-hybridized carbons (Fsp3) is 0.636. The van der Waals surface area contributed by atoms with Crippen molar-refractivity contribution in [2.75, 3.05) is 13.2 Å². The first-order valence-corrected chi connectivity index (χ1v) is 5.32. The third-order valence-corrected chi connectivity index (χ3v) is 2.81. The minimum absolute atomic E-state index is 0.0127. The van der Waals surface area contributed by atoms with Crippen LogP contribution in [0.2, 0.25) is 0 Å². The van der Waals surface area contributed by atoms with Gasteiger partial charge in [-0.1, -0.05) is 0 Å². The first-order valence-electron chi connectivity index (χ1n) is 5.32. The molecular formula is C11H16N2O2. The van der Waals surface area contributed by atoms with E-state index in [1.54, 1.807) is 0 Å². The number of nitrogens with one attached hydrogen (secondary N) is 1. The number of hydrogen-bond acceptors (Lipinski definition) is 3. The molecule has 0 unspecified atom stereocenters. The molecule has 0 bridgehead atoms. The SMILES string of the molecule is CCOCC1(c2nc(C)cc(=O)[nH]2)CC1. The Bertz CT molecular complexity index is 407. The molecule has 1 N–H and O–H groups in total. The summed E-state index contributed by atoms with van der Waals surface area (Å²) in [6.07, 6.45) is 2.11. The third kappa shape index (κ3) is 2.09. The number of aromatic nitrogens is 2. The van der Waals surface area contributed by atoms with Gasteiger partial charge in [0, 0.05) is 18.4 Å². The number of aryl methyl sites for hydroxylation is 1. The zero-order chi connectivity index (χ0) is 10.9. The molecule has 0 aromatic carbocycles. The van der Waals surface area contributed by atoms with E-state index in [4.69, 9.17) is 4.74 Å². The Kier molecular flexibility index (Phi) is 2.61. The van der Waals surface area contributed by atoms with Crippen LogP contribution in [-0.4, -0.2) is 23.2 Å². The molecule has 0 radical (unpaired) electrons. The van der Waals surface area contributed by atoms with Crippen LogP contribution < -0.4 is 5.56 Å². The summed E-state index contributed by atoms with van der Waals surface area (Å²) in [6, 6.07) is 1.51. The van der Waals surface area contributed by atoms with E-state index in [9.17, 15) is 4.79 Å². The second kappa shape index (κ2) is 3.77. The molecule has 2 rings (SSSR count). The quantitative estimate of drug-likeness (QED) is 0.807. The third-order valence-electron chi connectivity index (χ3n) is 2.81. The smallest absolute Gasteiger partial charge is 0.251 e. The van der Waals surface area contributed by atoms with Crippen molar-refractivity contribution in [1.82, 2.24) is 9.97 Å². The number of H-pyrrole nitrogens is 1. The fourth-order valence-electron chi connectivity index (χ4n) is 1.73. The van der Waals surface area contributed by atoms with Gasteiger partial charge in [-0.15, -0.1) is 0 Å². The van der Waals surface area contributed by atoms with Crippen LogP contribution in [0.25, 0.3) is 0 Å². The molecule has 0 amide bonds. The Balaban J connectivity index is 2.25. The Hall–Kier alpha value is -1.16. The van der Waals surface area contributed by atoms with Gasteiger partial charge in [0.2, 0.25) is 0 Å². The lowest BCUT2D eigenvalue weighted by Crippen LogP contribution is -2.23. The lowest BCUT2D eigenvalue weighted by Gasteiger charge is -2.13. The molecule has 1 fully saturated rings. The average molecular weight is 208 g/mol. The van der Waals surface area contributed by atoms with Gasteiger partial charge in [-0.2, -0.15) is 0 Å². The van der Waals surface area contributed by atoms with Crippen LogP contribution in [0.1, 0.15) is 31.3 Å². The molecule has 0 atom stereocenters. The summed E-state index contributed by atoms with van der Waals surface area (Å²) >= 11 is 0. The van der Waals surface area contributed by atoms with Crippen LogP contribution in [0, 0.1) is 6.92 Å². The molecule has 1 aromatic rings. The highest BCUT2D eigenvalue weighted by Gasteiger charge is 2.47. The van der Waals surface area contributed by atoms with Gasteiger partial charge in [0.15, 0.2) is 0 Å². The summed E-state index contributed by atoms with van der Waals surface area (Å²) in [5, 5.41) is 0. The molecule has 1 saturated carbocycles. The van der Waals surface area contributed by atoms with Crippen molar-refractivity contribution in [2.45, 2.75) is 32.1 Å². The predicted molar refractivity (Wildman–Crippen MR) is 57.0 cm³/mol. The maximum atomic E-state index is 11.3. The van der Waals surface area contributed by atoms with E-state index in [0.717, 1.165) is 24.4 Å². The van der Waals surface area contributed by atoms with E-state index >= 15 is 0 Å². The van der Waals surface area contributed by atoms with Gasteiger partial charge in [-0.25, -0.2) is 4.98 Å². The van der Waals surface area contributed by atoms with E-state index in [0.29, 0.717) is 13.2 Å². The second-order valence-electron chi connectivity index (χ2n) is 4.15. The van der Waals surface area contributed by atoms with Crippen LogP contribution in [0.5, 0.6) is 0 Å². The molecule has 82 valence electrons. The van der Waals surface area contributed by atoms with Gasteiger partial charge in [0.1, 0.15) is 5.82 Å². The van der Waals surface area contributed by atoms with Crippen LogP contribution in [0.3, 0.4) is 0 Å². The normalized spacial score (nSPS) is 17.7. The van der Waals surface area contributed by atoms with Gasteiger partial charge < -0.3 is 9.72 Å². The first kappa shape index (κ1) is 10.4. The highest BCUT2D eigenvalue weighted by molar-refractivity contribution is 5.19. The standard InChI is InChI=1S/C11H16N2O2/c1-3-15-7-11(4-5-11)10-12-8(2)6-9(14)13-10/h6H,3-5,7H2,1-2H3,(H,12,13,14). The topological polar surface area (TPSA) is 55.0 Å². The molecule has 1 aromatic heterocycles. The number of rotatable bonds is 4. The molecule has 1 aliphatic carbocycles. The molecular weight excluding hydrogens is 192 g/mol. The largest absolute Gasteiger partial charge is 0.381 e. The number of ether oxygens (including phenoxy) is 1. The number of aromatic amines is 1. The van der Waals surface area contributed by atoms with E-state index in [1.807, 2.05) is 13.8 Å². The highest BCUT2D eigenvalue weighted by atomic mass is 16.5. The van der Waals surface area contributed by atoms with Gasteiger partial charge in [-0.3, -0.25) is 4.79 Å². The lowest BCUT2D eigenvalue weighted by atomic mass is 10.1. The molecule has 0 spiro atoms. The minimum Gasteiger partial charge on any atom is -0.381 e. The van der Waals surface area contributed by atoms with Gasteiger partial charge in [0.05, 0.1) is 12.0 Å². The maximum absolute atomic E-state index is 11.3. The summed E-state index contributed by atoms with van der Waals surface area (Å²) in [5.41, 5.74) is 0.693. The monoisotopic (exact) mass is 208 g/mol. The van der Waals surface area contributed by atoms with Gasteiger partial charge in [0.25, 0.3) is 5.56 Å². The molecule has 0 saturated heterocycles. The summed E-state index contributed by atoms with van der Waals surface area (Å²) < 4.78 is 5.43. The van der Waals surface area contributed by atoms with Crippen molar-refractivity contribution >= 4 is 0 Å². The second-order valence-corrected chi connectivity index (χ2v) is 4.15. The van der Waals surface area contributed by atoms with Gasteiger partial charge in [-0.05, 0) is 26.7 Å². The Morgan fingerprint density at radius 2 is 2.33 bits per heavy atom. The number of nitrogens with zero attached hydrogens (tertiary/aromatic N) is 1. The van der Waals surface area contributed by atoms with E-state index in [2.05, 4.69) is 9.97 Å². The lowest BCUT2D eigenvalue weighted by molar-refractivity contribution is 0.123. The van der Waals surface area contributed by atoms with Crippen LogP contribution in [0.4, 0.5) is 0 Å². The molecule has 4 nitrogen and oxygen atoms in total. The summed E-state index contributed by atoms with van der Waals surface area (Å²) in [7, 11) is 0. The van der Waals surface area contributed by atoms with E-state index in [1.165, 1.54) is 6.07 Å². The molecule has 4 heteroatoms. The van der Waals surface area contributed by atoms with Crippen molar-refractivity contribution in [2.24, 2.45) is 0 Å². The maximum Gasteiger partial charge on any atom is 0.251 e. The Morgan fingerprint density at radius 3 is 2.87 bits per heavy atom. The van der Waals surface area contributed by atoms with Crippen molar-refractivity contribution < 1.29 is 4.74 Å². The van der Waals surface area contributed by atoms with Crippen molar-refractivity contribution in [1.29, 1.82) is 0 Å². The summed E-state index contributed by atoms with van der Waals surface area (Å²) in [5.74, 6) is 0.793. The Morgan fingerprint density at radius 1 is 1.60 bits per heavy atom. The van der Waals surface area contributed by atoms with Crippen LogP contribution in [-0.2, 0) is 10.2 Å². The minimum atomic E-state index is -0.0692. The number of hydrogen-bond donors (Lipinski definition) is 1. The average Bonchev–Trinajstić information content (AvgIpc) is 2.94. The van der Waals surface area contributed by atoms with Crippen molar-refractivity contribution in [3.63, 3.8) is 0 Å². The Labute approximate surface area is 88.7 Å². The summed E-state index contributed by atoms with van der Waals surface area (Å²) in [4.78, 5) is 18.5. The first-order chi connectivity index (χ1) is 7.16. The predicted octanol–water partition coefficient (Wildman–Crippen LogP) is 1.15. The van der Waals surface area contributed by atoms with Crippen LogP contribution >= 0.6 is 0 Å². The van der Waals surface area contributed by atoms with E-state index < -0.39 is 0 Å². The zero-order valence-electron chi connectivity index (χ0n) is 9.17. The molecule has 15 heavy (non-hydrogen) atoms. The summed E-state index contributed by atoms with van der Waals surface area (Å²) in [6.45, 7) is 5.19. The molecule has 0 aliphatic heterocycles. The molecule has 1 aliphatic rings. The fourth-order valence-corrected chi connectivity index (χ4v) is 1.73. The van der Waals surface area contributed by atoms with Gasteiger partial charge >= 0.3 is 0 Å². The van der Waals surface area contributed by atoms with Crippen molar-refractivity contribution in [3.8, 4) is 0 Å². The molecule has 1 heterocycles. The van der Waals surface area contributed by atoms with Crippen LogP contribution in [0.15, 0.2) is 10.9 Å².